The maximum Gasteiger partial charge on any atom is 0.419 e. The predicted octanol–water partition coefficient (Wildman–Crippen LogP) is 2.51. The van der Waals surface area contributed by atoms with E-state index >= 15 is 0 Å². The lowest BCUT2D eigenvalue weighted by molar-refractivity contribution is -0.138. The molecule has 1 aromatic carbocycles. The van der Waals surface area contributed by atoms with Crippen LogP contribution in [0.2, 0.25) is 0 Å². The highest BCUT2D eigenvalue weighted by atomic mass is 19.4. The monoisotopic (exact) mass is 264 g/mol. The maximum absolute atomic E-state index is 12.7. The third-order valence-electron chi connectivity index (χ3n) is 2.23. The molecule has 0 amide bonds. The summed E-state index contributed by atoms with van der Waals surface area (Å²) in [7, 11) is 3.40. The van der Waals surface area contributed by atoms with Gasteiger partial charge in [-0.1, -0.05) is 0 Å². The van der Waals surface area contributed by atoms with Gasteiger partial charge in [-0.2, -0.15) is 13.2 Å². The van der Waals surface area contributed by atoms with Crippen LogP contribution in [0.1, 0.15) is 15.9 Å². The van der Waals surface area contributed by atoms with Gasteiger partial charge >= 0.3 is 12.1 Å². The Labute approximate surface area is 101 Å². The molecule has 0 N–H and O–H groups in total. The normalized spacial score (nSPS) is 11.0. The van der Waals surface area contributed by atoms with Gasteiger partial charge in [0.15, 0.2) is 0 Å². The first-order valence-electron chi connectivity index (χ1n) is 4.76. The molecule has 18 heavy (non-hydrogen) atoms. The molecular weight excluding hydrogens is 253 g/mol. The van der Waals surface area contributed by atoms with Crippen LogP contribution in [0.5, 0.6) is 11.5 Å². The number of methoxy groups -OCH3 is 3. The van der Waals surface area contributed by atoms with Crippen LogP contribution in [0.4, 0.5) is 13.2 Å². The highest BCUT2D eigenvalue weighted by Gasteiger charge is 2.36. The van der Waals surface area contributed by atoms with Gasteiger partial charge < -0.3 is 14.2 Å². The summed E-state index contributed by atoms with van der Waals surface area (Å²) in [6.07, 6.45) is -4.64. The summed E-state index contributed by atoms with van der Waals surface area (Å²) < 4.78 is 52.1. The van der Waals surface area contributed by atoms with Gasteiger partial charge in [-0.3, -0.25) is 0 Å². The molecule has 0 bridgehead atoms. The van der Waals surface area contributed by atoms with E-state index in [1.165, 1.54) is 7.11 Å². The molecule has 1 aromatic rings. The number of halogens is 3. The summed E-state index contributed by atoms with van der Waals surface area (Å²) in [6, 6.07) is 1.64. The second kappa shape index (κ2) is 5.16. The van der Waals surface area contributed by atoms with E-state index in [0.717, 1.165) is 20.3 Å². The summed E-state index contributed by atoms with van der Waals surface area (Å²) in [4.78, 5) is 11.4. The molecule has 0 atom stereocenters. The molecule has 0 heterocycles. The molecule has 0 aliphatic heterocycles. The summed E-state index contributed by atoms with van der Waals surface area (Å²) in [5.74, 6) is -1.39. The van der Waals surface area contributed by atoms with Crippen molar-refractivity contribution in [3.05, 3.63) is 23.3 Å². The van der Waals surface area contributed by atoms with Crippen molar-refractivity contribution >= 4 is 5.97 Å². The van der Waals surface area contributed by atoms with Crippen molar-refractivity contribution < 1.29 is 32.2 Å². The van der Waals surface area contributed by atoms with Gasteiger partial charge in [-0.15, -0.1) is 0 Å². The van der Waals surface area contributed by atoms with Crippen molar-refractivity contribution in [2.24, 2.45) is 0 Å². The minimum absolute atomic E-state index is 0.0494. The topological polar surface area (TPSA) is 44.8 Å². The van der Waals surface area contributed by atoms with Crippen molar-refractivity contribution in [1.82, 2.24) is 0 Å². The SMILES string of the molecule is COC(=O)c1cc(C(F)(F)F)c(OC)cc1OC. The Balaban J connectivity index is 3.49. The summed E-state index contributed by atoms with van der Waals surface area (Å²) in [5, 5.41) is 0. The molecule has 100 valence electrons. The first-order valence-corrected chi connectivity index (χ1v) is 4.76. The fourth-order valence-corrected chi connectivity index (χ4v) is 1.39. The van der Waals surface area contributed by atoms with E-state index in [2.05, 4.69) is 9.47 Å². The van der Waals surface area contributed by atoms with Gasteiger partial charge in [0.25, 0.3) is 0 Å². The second-order valence-corrected chi connectivity index (χ2v) is 3.24. The zero-order valence-corrected chi connectivity index (χ0v) is 9.92. The van der Waals surface area contributed by atoms with Crippen molar-refractivity contribution in [1.29, 1.82) is 0 Å². The molecule has 0 fully saturated rings. The zero-order chi connectivity index (χ0) is 13.9. The summed E-state index contributed by atoms with van der Waals surface area (Å²) >= 11 is 0. The highest BCUT2D eigenvalue weighted by molar-refractivity contribution is 5.93. The molecule has 7 heteroatoms. The second-order valence-electron chi connectivity index (χ2n) is 3.24. The van der Waals surface area contributed by atoms with Crippen LogP contribution in [0.15, 0.2) is 12.1 Å². The largest absolute Gasteiger partial charge is 0.496 e. The van der Waals surface area contributed by atoms with Gasteiger partial charge in [-0.05, 0) is 6.07 Å². The van der Waals surface area contributed by atoms with Crippen LogP contribution in [-0.4, -0.2) is 27.3 Å². The fraction of sp³-hybridized carbons (Fsp3) is 0.364. The van der Waals surface area contributed by atoms with Gasteiger partial charge in [0, 0.05) is 6.07 Å². The van der Waals surface area contributed by atoms with E-state index in [1.807, 2.05) is 0 Å². The minimum atomic E-state index is -4.64. The smallest absolute Gasteiger partial charge is 0.419 e. The first-order chi connectivity index (χ1) is 8.35. The summed E-state index contributed by atoms with van der Waals surface area (Å²) in [5.41, 5.74) is -1.38. The number of hydrogen-bond acceptors (Lipinski definition) is 4. The number of carbonyl (C=O) groups excluding carboxylic acids is 1. The van der Waals surface area contributed by atoms with Crippen LogP contribution in [-0.2, 0) is 10.9 Å². The summed E-state index contributed by atoms with van der Waals surface area (Å²) in [6.45, 7) is 0. The van der Waals surface area contributed by atoms with Crippen molar-refractivity contribution in [3.63, 3.8) is 0 Å². The number of rotatable bonds is 3. The van der Waals surface area contributed by atoms with Crippen LogP contribution >= 0.6 is 0 Å². The average Bonchev–Trinajstić information content (AvgIpc) is 2.34. The molecular formula is C11H11F3O4. The molecule has 4 nitrogen and oxygen atoms in total. The standard InChI is InChI=1S/C11H11F3O4/c1-16-8-5-9(17-2)7(11(12,13)14)4-6(8)10(15)18-3/h4-5H,1-3H3. The van der Waals surface area contributed by atoms with Gasteiger partial charge in [0.05, 0.1) is 26.9 Å². The van der Waals surface area contributed by atoms with E-state index in [0.29, 0.717) is 6.07 Å². The fourth-order valence-electron chi connectivity index (χ4n) is 1.39. The molecule has 0 spiro atoms. The van der Waals surface area contributed by atoms with E-state index < -0.39 is 23.5 Å². The Kier molecular flexibility index (Phi) is 4.05. The predicted molar refractivity (Wildman–Crippen MR) is 55.9 cm³/mol. The third kappa shape index (κ3) is 2.66. The number of carbonyl (C=O) groups is 1. The van der Waals surface area contributed by atoms with Crippen molar-refractivity contribution in [2.75, 3.05) is 21.3 Å². The number of benzene rings is 1. The Hall–Kier alpha value is -1.92. The van der Waals surface area contributed by atoms with Gasteiger partial charge in [0.2, 0.25) is 0 Å². The molecule has 0 aliphatic rings. The Morgan fingerprint density at radius 1 is 1.06 bits per heavy atom. The number of alkyl halides is 3. The van der Waals surface area contributed by atoms with E-state index in [-0.39, 0.29) is 11.3 Å². The van der Waals surface area contributed by atoms with E-state index in [9.17, 15) is 18.0 Å². The zero-order valence-electron chi connectivity index (χ0n) is 9.92. The van der Waals surface area contributed by atoms with E-state index in [4.69, 9.17) is 4.74 Å². The lowest BCUT2D eigenvalue weighted by atomic mass is 10.1. The number of hydrogen-bond donors (Lipinski definition) is 0. The highest BCUT2D eigenvalue weighted by Crippen LogP contribution is 2.40. The molecule has 0 aromatic heterocycles. The lowest BCUT2D eigenvalue weighted by Gasteiger charge is -2.15. The quantitative estimate of drug-likeness (QED) is 0.787. The lowest BCUT2D eigenvalue weighted by Crippen LogP contribution is -2.12. The Morgan fingerprint density at radius 3 is 2.00 bits per heavy atom. The molecule has 0 aliphatic carbocycles. The van der Waals surface area contributed by atoms with Crippen LogP contribution in [0.25, 0.3) is 0 Å². The minimum Gasteiger partial charge on any atom is -0.496 e. The maximum atomic E-state index is 12.7. The average molecular weight is 264 g/mol. The Morgan fingerprint density at radius 2 is 1.61 bits per heavy atom. The number of ether oxygens (including phenoxy) is 3. The molecule has 0 saturated heterocycles. The van der Waals surface area contributed by atoms with Gasteiger partial charge in [-0.25, -0.2) is 4.79 Å². The van der Waals surface area contributed by atoms with E-state index in [1.54, 1.807) is 0 Å². The van der Waals surface area contributed by atoms with Crippen LogP contribution in [0, 0.1) is 0 Å². The Bertz CT molecular complexity index is 454. The van der Waals surface area contributed by atoms with Crippen LogP contribution < -0.4 is 9.47 Å². The molecule has 0 saturated carbocycles. The molecule has 0 radical (unpaired) electrons. The number of esters is 1. The third-order valence-corrected chi connectivity index (χ3v) is 2.23. The first kappa shape index (κ1) is 14.1. The van der Waals surface area contributed by atoms with Gasteiger partial charge in [0.1, 0.15) is 17.1 Å². The van der Waals surface area contributed by atoms with Crippen LogP contribution in [0.3, 0.4) is 0 Å². The molecule has 0 unspecified atom stereocenters. The van der Waals surface area contributed by atoms with Crippen molar-refractivity contribution in [2.45, 2.75) is 6.18 Å². The van der Waals surface area contributed by atoms with Crippen molar-refractivity contribution in [3.8, 4) is 11.5 Å². The molecule has 1 rings (SSSR count).